The fourth-order valence-electron chi connectivity index (χ4n) is 4.60. The Morgan fingerprint density at radius 1 is 1.16 bits per heavy atom. The zero-order chi connectivity index (χ0) is 17.4. The number of nitrogens with zero attached hydrogens (tertiary/aromatic N) is 4. The Hall–Kier alpha value is -1.92. The lowest BCUT2D eigenvalue weighted by Crippen LogP contribution is -2.56. The minimum atomic E-state index is 0.224. The molecule has 2 N–H and O–H groups in total. The first-order valence-corrected chi connectivity index (χ1v) is 9.06. The minimum absolute atomic E-state index is 0.224. The standard InChI is InChI=1S/C19H25N5O/c1-12(23-15-8-19(9-15)6-14(7-19)11-25)16-10-22-18(24-13(16)2)17-20-4-3-5-21-17/h3-5,10,12,14-15,23,25H,6-9,11H2,1-2H3. The van der Waals surface area contributed by atoms with Gasteiger partial charge in [0.2, 0.25) is 0 Å². The lowest BCUT2D eigenvalue weighted by Gasteiger charge is -2.58. The highest BCUT2D eigenvalue weighted by Crippen LogP contribution is 2.58. The SMILES string of the molecule is Cc1nc(-c2ncccn2)ncc1C(C)NC1CC2(CC(CO)C2)C1. The summed E-state index contributed by atoms with van der Waals surface area (Å²) in [7, 11) is 0. The Balaban J connectivity index is 1.37. The molecule has 2 aliphatic rings. The van der Waals surface area contributed by atoms with E-state index in [2.05, 4.69) is 32.2 Å². The zero-order valence-corrected chi connectivity index (χ0v) is 14.8. The van der Waals surface area contributed by atoms with Crippen LogP contribution in [0.5, 0.6) is 0 Å². The lowest BCUT2D eigenvalue weighted by molar-refractivity contribution is -0.0685. The van der Waals surface area contributed by atoms with E-state index in [4.69, 9.17) is 0 Å². The summed E-state index contributed by atoms with van der Waals surface area (Å²) in [4.78, 5) is 17.5. The van der Waals surface area contributed by atoms with Crippen LogP contribution in [0.15, 0.2) is 24.7 Å². The molecule has 132 valence electrons. The first-order chi connectivity index (χ1) is 12.1. The fraction of sp³-hybridized carbons (Fsp3) is 0.579. The second kappa shape index (κ2) is 6.42. The average Bonchev–Trinajstić information content (AvgIpc) is 2.56. The van der Waals surface area contributed by atoms with Crippen molar-refractivity contribution in [3.05, 3.63) is 35.9 Å². The molecule has 2 fully saturated rings. The Kier molecular flexibility index (Phi) is 4.25. The number of aliphatic hydroxyl groups excluding tert-OH is 1. The largest absolute Gasteiger partial charge is 0.396 e. The molecule has 2 aromatic heterocycles. The van der Waals surface area contributed by atoms with Gasteiger partial charge in [-0.3, -0.25) is 0 Å². The van der Waals surface area contributed by atoms with Gasteiger partial charge in [0.15, 0.2) is 11.6 Å². The van der Waals surface area contributed by atoms with Crippen LogP contribution in [0.1, 0.15) is 49.9 Å². The molecule has 2 saturated carbocycles. The highest BCUT2D eigenvalue weighted by atomic mass is 16.3. The number of aliphatic hydroxyl groups is 1. The third-order valence-corrected chi connectivity index (χ3v) is 5.80. The molecule has 0 amide bonds. The first kappa shape index (κ1) is 16.5. The number of aryl methyl sites for hydroxylation is 1. The Bertz CT molecular complexity index is 737. The van der Waals surface area contributed by atoms with Gasteiger partial charge in [-0.15, -0.1) is 0 Å². The highest BCUT2D eigenvalue weighted by Gasteiger charge is 2.52. The molecular formula is C19H25N5O. The summed E-state index contributed by atoms with van der Waals surface area (Å²) in [6.45, 7) is 4.54. The maximum absolute atomic E-state index is 9.19. The molecule has 1 atom stereocenters. The van der Waals surface area contributed by atoms with Crippen molar-refractivity contribution in [1.82, 2.24) is 25.3 Å². The van der Waals surface area contributed by atoms with Crippen molar-refractivity contribution in [2.24, 2.45) is 11.3 Å². The van der Waals surface area contributed by atoms with Crippen LogP contribution in [0, 0.1) is 18.3 Å². The molecule has 6 heteroatoms. The van der Waals surface area contributed by atoms with Crippen LogP contribution >= 0.6 is 0 Å². The molecule has 0 bridgehead atoms. The van der Waals surface area contributed by atoms with Crippen LogP contribution in [-0.4, -0.2) is 37.7 Å². The molecular weight excluding hydrogens is 314 g/mol. The van der Waals surface area contributed by atoms with Crippen LogP contribution in [0.3, 0.4) is 0 Å². The minimum Gasteiger partial charge on any atom is -0.396 e. The predicted molar refractivity (Wildman–Crippen MR) is 94.6 cm³/mol. The van der Waals surface area contributed by atoms with Crippen LogP contribution in [0.4, 0.5) is 0 Å². The molecule has 0 radical (unpaired) electrons. The van der Waals surface area contributed by atoms with E-state index in [0.717, 1.165) is 11.3 Å². The highest BCUT2D eigenvalue weighted by molar-refractivity contribution is 5.43. The molecule has 2 heterocycles. The summed E-state index contributed by atoms with van der Waals surface area (Å²) >= 11 is 0. The summed E-state index contributed by atoms with van der Waals surface area (Å²) in [6, 6.07) is 2.57. The molecule has 2 aliphatic carbocycles. The van der Waals surface area contributed by atoms with Gasteiger partial charge in [0.25, 0.3) is 0 Å². The van der Waals surface area contributed by atoms with Gasteiger partial charge >= 0.3 is 0 Å². The van der Waals surface area contributed by atoms with Gasteiger partial charge in [0.1, 0.15) is 0 Å². The van der Waals surface area contributed by atoms with E-state index < -0.39 is 0 Å². The lowest BCUT2D eigenvalue weighted by atomic mass is 9.50. The molecule has 0 aromatic carbocycles. The summed E-state index contributed by atoms with van der Waals surface area (Å²) in [5, 5.41) is 12.9. The van der Waals surface area contributed by atoms with E-state index in [0.29, 0.717) is 35.6 Å². The zero-order valence-electron chi connectivity index (χ0n) is 14.8. The Labute approximate surface area is 148 Å². The smallest absolute Gasteiger partial charge is 0.197 e. The van der Waals surface area contributed by atoms with E-state index in [9.17, 15) is 5.11 Å². The summed E-state index contributed by atoms with van der Waals surface area (Å²) in [5.41, 5.74) is 2.61. The second-order valence-corrected chi connectivity index (χ2v) is 7.76. The van der Waals surface area contributed by atoms with Gasteiger partial charge in [0, 0.05) is 48.5 Å². The Morgan fingerprint density at radius 2 is 1.88 bits per heavy atom. The van der Waals surface area contributed by atoms with Crippen molar-refractivity contribution in [3.8, 4) is 11.6 Å². The molecule has 1 spiro atoms. The van der Waals surface area contributed by atoms with Crippen LogP contribution in [0.2, 0.25) is 0 Å². The molecule has 0 aliphatic heterocycles. The summed E-state index contributed by atoms with van der Waals surface area (Å²) < 4.78 is 0. The molecule has 0 saturated heterocycles. The summed E-state index contributed by atoms with van der Waals surface area (Å²) in [6.07, 6.45) is 10.1. The van der Waals surface area contributed by atoms with Crippen molar-refractivity contribution in [3.63, 3.8) is 0 Å². The number of nitrogens with one attached hydrogen (secondary N) is 1. The maximum Gasteiger partial charge on any atom is 0.197 e. The summed E-state index contributed by atoms with van der Waals surface area (Å²) in [5.74, 6) is 1.67. The number of hydrogen-bond donors (Lipinski definition) is 2. The van der Waals surface area contributed by atoms with E-state index in [1.54, 1.807) is 18.5 Å². The van der Waals surface area contributed by atoms with Crippen molar-refractivity contribution in [2.75, 3.05) is 6.61 Å². The normalized spacial score (nSPS) is 29.1. The molecule has 2 aromatic rings. The third kappa shape index (κ3) is 3.16. The molecule has 4 rings (SSSR count). The molecule has 25 heavy (non-hydrogen) atoms. The van der Waals surface area contributed by atoms with Crippen molar-refractivity contribution in [1.29, 1.82) is 0 Å². The number of aromatic nitrogens is 4. The second-order valence-electron chi connectivity index (χ2n) is 7.76. The Morgan fingerprint density at radius 3 is 2.52 bits per heavy atom. The topological polar surface area (TPSA) is 83.8 Å². The van der Waals surface area contributed by atoms with Gasteiger partial charge in [-0.2, -0.15) is 0 Å². The monoisotopic (exact) mass is 339 g/mol. The van der Waals surface area contributed by atoms with E-state index in [1.165, 1.54) is 25.7 Å². The van der Waals surface area contributed by atoms with Crippen molar-refractivity contribution in [2.45, 2.75) is 51.6 Å². The average molecular weight is 339 g/mol. The molecule has 1 unspecified atom stereocenters. The quantitative estimate of drug-likeness (QED) is 0.870. The molecule has 6 nitrogen and oxygen atoms in total. The van der Waals surface area contributed by atoms with Gasteiger partial charge in [-0.25, -0.2) is 19.9 Å². The van der Waals surface area contributed by atoms with E-state index in [-0.39, 0.29) is 6.04 Å². The van der Waals surface area contributed by atoms with Gasteiger partial charge in [-0.1, -0.05) is 0 Å². The fourth-order valence-corrected chi connectivity index (χ4v) is 4.60. The van der Waals surface area contributed by atoms with Gasteiger partial charge in [0.05, 0.1) is 0 Å². The van der Waals surface area contributed by atoms with Crippen molar-refractivity contribution < 1.29 is 5.11 Å². The van der Waals surface area contributed by atoms with Crippen molar-refractivity contribution >= 4 is 0 Å². The van der Waals surface area contributed by atoms with E-state index in [1.807, 2.05) is 13.1 Å². The van der Waals surface area contributed by atoms with Crippen LogP contribution < -0.4 is 5.32 Å². The van der Waals surface area contributed by atoms with Crippen LogP contribution in [-0.2, 0) is 0 Å². The number of rotatable bonds is 5. The first-order valence-electron chi connectivity index (χ1n) is 9.06. The maximum atomic E-state index is 9.19. The van der Waals surface area contributed by atoms with Crippen LogP contribution in [0.25, 0.3) is 11.6 Å². The van der Waals surface area contributed by atoms with Gasteiger partial charge in [-0.05, 0) is 56.9 Å². The third-order valence-electron chi connectivity index (χ3n) is 5.80. The number of hydrogen-bond acceptors (Lipinski definition) is 6. The predicted octanol–water partition coefficient (Wildman–Crippen LogP) is 2.44. The van der Waals surface area contributed by atoms with E-state index >= 15 is 0 Å². The van der Waals surface area contributed by atoms with Gasteiger partial charge < -0.3 is 10.4 Å².